The van der Waals surface area contributed by atoms with Gasteiger partial charge in [-0.3, -0.25) is 10.1 Å². The van der Waals surface area contributed by atoms with E-state index in [-0.39, 0.29) is 11.7 Å². The van der Waals surface area contributed by atoms with E-state index in [0.29, 0.717) is 31.0 Å². The summed E-state index contributed by atoms with van der Waals surface area (Å²) in [4.78, 5) is 17.1. The fourth-order valence-electron chi connectivity index (χ4n) is 3.17. The summed E-state index contributed by atoms with van der Waals surface area (Å²) in [5.41, 5.74) is 0.600. The first-order valence-corrected chi connectivity index (χ1v) is 7.81. The van der Waals surface area contributed by atoms with Crippen molar-refractivity contribution in [1.29, 1.82) is 0 Å². The van der Waals surface area contributed by atoms with Crippen molar-refractivity contribution in [1.82, 2.24) is 14.9 Å². The van der Waals surface area contributed by atoms with Gasteiger partial charge in [-0.1, -0.05) is 0 Å². The van der Waals surface area contributed by atoms with E-state index in [1.54, 1.807) is 13.2 Å². The fourth-order valence-corrected chi connectivity index (χ4v) is 3.17. The molecule has 0 saturated carbocycles. The zero-order valence-corrected chi connectivity index (χ0v) is 13.4. The van der Waals surface area contributed by atoms with Gasteiger partial charge in [0.1, 0.15) is 11.4 Å². The molecule has 1 aliphatic rings. The highest BCUT2D eigenvalue weighted by Gasteiger charge is 2.41. The Morgan fingerprint density at radius 1 is 1.57 bits per heavy atom. The summed E-state index contributed by atoms with van der Waals surface area (Å²) < 4.78 is 20.5. The van der Waals surface area contributed by atoms with Crippen molar-refractivity contribution in [2.45, 2.75) is 31.8 Å². The Kier molecular flexibility index (Phi) is 4.32. The van der Waals surface area contributed by atoms with E-state index in [9.17, 15) is 9.18 Å². The van der Waals surface area contributed by atoms with Gasteiger partial charge in [-0.05, 0) is 38.4 Å². The number of nitrogens with one attached hydrogen (secondary N) is 2. The number of hydrogen-bond donors (Lipinski definition) is 2. The van der Waals surface area contributed by atoms with Crippen molar-refractivity contribution in [3.63, 3.8) is 0 Å². The van der Waals surface area contributed by atoms with Crippen LogP contribution in [-0.4, -0.2) is 41.3 Å². The molecule has 1 saturated heterocycles. The van der Waals surface area contributed by atoms with E-state index >= 15 is 0 Å². The van der Waals surface area contributed by atoms with Gasteiger partial charge in [-0.2, -0.15) is 0 Å². The fraction of sp³-hybridized carbons (Fsp3) is 0.500. The van der Waals surface area contributed by atoms with Crippen molar-refractivity contribution >= 4 is 22.9 Å². The topological polar surface area (TPSA) is 68.2 Å². The first kappa shape index (κ1) is 15.9. The molecule has 1 fully saturated rings. The van der Waals surface area contributed by atoms with Crippen LogP contribution in [0.1, 0.15) is 19.8 Å². The molecule has 124 valence electrons. The molecule has 23 heavy (non-hydrogen) atoms. The monoisotopic (exact) mass is 320 g/mol. The average Bonchev–Trinajstić information content (AvgIpc) is 3.12. The van der Waals surface area contributed by atoms with Crippen LogP contribution >= 0.6 is 0 Å². The number of hydrogen-bond acceptors (Lipinski definition) is 4. The molecule has 2 aromatic rings. The largest absolute Gasteiger partial charge is 0.382 e. The Labute approximate surface area is 134 Å². The maximum atomic E-state index is 13.4. The van der Waals surface area contributed by atoms with Crippen LogP contribution in [0.2, 0.25) is 0 Å². The third-order valence-electron chi connectivity index (χ3n) is 4.32. The SMILES string of the molecule is CCn1c(NC(=O)C2(COC)CCCN2)nc2cc(F)ccc21. The summed E-state index contributed by atoms with van der Waals surface area (Å²) in [7, 11) is 1.58. The number of anilines is 1. The van der Waals surface area contributed by atoms with Crippen LogP contribution in [-0.2, 0) is 16.1 Å². The number of fused-ring (bicyclic) bond motifs is 1. The average molecular weight is 320 g/mol. The van der Waals surface area contributed by atoms with Gasteiger partial charge in [0.05, 0.1) is 17.6 Å². The zero-order valence-electron chi connectivity index (χ0n) is 13.4. The van der Waals surface area contributed by atoms with Crippen molar-refractivity contribution in [3.05, 3.63) is 24.0 Å². The first-order valence-electron chi connectivity index (χ1n) is 7.81. The highest BCUT2D eigenvalue weighted by molar-refractivity contribution is 5.98. The van der Waals surface area contributed by atoms with Crippen LogP contribution in [0.3, 0.4) is 0 Å². The number of carbonyl (C=O) groups excluding carboxylic acids is 1. The van der Waals surface area contributed by atoms with Crippen LogP contribution in [0.15, 0.2) is 18.2 Å². The summed E-state index contributed by atoms with van der Waals surface area (Å²) in [5, 5.41) is 6.12. The molecule has 2 heterocycles. The predicted octanol–water partition coefficient (Wildman–Crippen LogP) is 1.90. The number of amides is 1. The van der Waals surface area contributed by atoms with E-state index in [4.69, 9.17) is 4.74 Å². The molecule has 1 aliphatic heterocycles. The van der Waals surface area contributed by atoms with Gasteiger partial charge < -0.3 is 14.6 Å². The molecule has 1 atom stereocenters. The number of carbonyl (C=O) groups is 1. The molecular weight excluding hydrogens is 299 g/mol. The third-order valence-corrected chi connectivity index (χ3v) is 4.32. The summed E-state index contributed by atoms with van der Waals surface area (Å²) >= 11 is 0. The molecule has 0 aliphatic carbocycles. The second kappa shape index (κ2) is 6.25. The van der Waals surface area contributed by atoms with Crippen molar-refractivity contribution in [2.24, 2.45) is 0 Å². The number of aryl methyl sites for hydroxylation is 1. The van der Waals surface area contributed by atoms with E-state index in [1.807, 2.05) is 11.5 Å². The van der Waals surface area contributed by atoms with Gasteiger partial charge in [-0.25, -0.2) is 9.37 Å². The summed E-state index contributed by atoms with van der Waals surface area (Å²) in [6, 6.07) is 4.44. The van der Waals surface area contributed by atoms with Gasteiger partial charge in [0.15, 0.2) is 0 Å². The predicted molar refractivity (Wildman–Crippen MR) is 85.8 cm³/mol. The Balaban J connectivity index is 1.92. The van der Waals surface area contributed by atoms with Gasteiger partial charge in [0.25, 0.3) is 0 Å². The maximum absolute atomic E-state index is 13.4. The molecule has 6 nitrogen and oxygen atoms in total. The highest BCUT2D eigenvalue weighted by Crippen LogP contribution is 2.24. The minimum Gasteiger partial charge on any atom is -0.382 e. The Morgan fingerprint density at radius 2 is 2.39 bits per heavy atom. The van der Waals surface area contributed by atoms with Gasteiger partial charge in [-0.15, -0.1) is 0 Å². The van der Waals surface area contributed by atoms with E-state index in [0.717, 1.165) is 18.5 Å². The number of imidazole rings is 1. The van der Waals surface area contributed by atoms with Gasteiger partial charge in [0.2, 0.25) is 11.9 Å². The molecule has 0 radical (unpaired) electrons. The van der Waals surface area contributed by atoms with Crippen molar-refractivity contribution in [2.75, 3.05) is 25.6 Å². The number of benzene rings is 1. The van der Waals surface area contributed by atoms with E-state index < -0.39 is 5.54 Å². The van der Waals surface area contributed by atoms with Crippen LogP contribution in [0.5, 0.6) is 0 Å². The number of halogens is 1. The van der Waals surface area contributed by atoms with Crippen LogP contribution in [0.25, 0.3) is 11.0 Å². The molecule has 1 aromatic carbocycles. The minimum atomic E-state index is -0.725. The smallest absolute Gasteiger partial charge is 0.249 e. The Morgan fingerprint density at radius 3 is 3.04 bits per heavy atom. The lowest BCUT2D eigenvalue weighted by atomic mass is 9.97. The summed E-state index contributed by atoms with van der Waals surface area (Å²) in [6.07, 6.45) is 1.64. The molecule has 1 aromatic heterocycles. The van der Waals surface area contributed by atoms with Crippen molar-refractivity contribution < 1.29 is 13.9 Å². The van der Waals surface area contributed by atoms with Crippen molar-refractivity contribution in [3.8, 4) is 0 Å². The Hall–Kier alpha value is -1.99. The first-order chi connectivity index (χ1) is 11.1. The van der Waals surface area contributed by atoms with E-state index in [1.165, 1.54) is 12.1 Å². The quantitative estimate of drug-likeness (QED) is 0.883. The molecule has 3 rings (SSSR count). The minimum absolute atomic E-state index is 0.165. The molecule has 1 amide bonds. The second-order valence-electron chi connectivity index (χ2n) is 5.81. The number of methoxy groups -OCH3 is 1. The lowest BCUT2D eigenvalue weighted by Gasteiger charge is -2.27. The maximum Gasteiger partial charge on any atom is 0.249 e. The molecule has 7 heteroatoms. The van der Waals surface area contributed by atoms with Gasteiger partial charge >= 0.3 is 0 Å². The van der Waals surface area contributed by atoms with Gasteiger partial charge in [0, 0.05) is 19.7 Å². The lowest BCUT2D eigenvalue weighted by molar-refractivity contribution is -0.124. The number of nitrogens with zero attached hydrogens (tertiary/aromatic N) is 2. The molecule has 0 spiro atoms. The van der Waals surface area contributed by atoms with Crippen LogP contribution in [0, 0.1) is 5.82 Å². The lowest BCUT2D eigenvalue weighted by Crippen LogP contribution is -2.54. The summed E-state index contributed by atoms with van der Waals surface area (Å²) in [6.45, 7) is 3.67. The molecule has 1 unspecified atom stereocenters. The second-order valence-corrected chi connectivity index (χ2v) is 5.81. The standard InChI is InChI=1S/C16H21FN4O2/c1-3-21-13-6-5-11(17)9-12(13)19-15(21)20-14(22)16(10-23-2)7-4-8-18-16/h5-6,9,18H,3-4,7-8,10H2,1-2H3,(H,19,20,22). The molecule has 0 bridgehead atoms. The van der Waals surface area contributed by atoms with E-state index in [2.05, 4.69) is 15.6 Å². The summed E-state index contributed by atoms with van der Waals surface area (Å²) in [5.74, 6) is -0.0750. The number of aromatic nitrogens is 2. The third kappa shape index (κ3) is 2.82. The molecule has 2 N–H and O–H groups in total. The van der Waals surface area contributed by atoms with Crippen LogP contribution in [0.4, 0.5) is 10.3 Å². The van der Waals surface area contributed by atoms with Crippen LogP contribution < -0.4 is 10.6 Å². The highest BCUT2D eigenvalue weighted by atomic mass is 19.1. The Bertz CT molecular complexity index is 722. The number of rotatable bonds is 5. The zero-order chi connectivity index (χ0) is 16.4. The molecular formula is C16H21FN4O2. The number of ether oxygens (including phenoxy) is 1. The normalized spacial score (nSPS) is 21.0.